The number of halogens is 2. The maximum absolute atomic E-state index is 13.5. The summed E-state index contributed by atoms with van der Waals surface area (Å²) < 4.78 is 18.6. The van der Waals surface area contributed by atoms with E-state index in [0.717, 1.165) is 0 Å². The molecule has 0 radical (unpaired) electrons. The van der Waals surface area contributed by atoms with Crippen molar-refractivity contribution in [1.82, 2.24) is 0 Å². The van der Waals surface area contributed by atoms with Crippen LogP contribution in [0.5, 0.6) is 5.75 Å². The van der Waals surface area contributed by atoms with Crippen molar-refractivity contribution in [1.29, 1.82) is 5.26 Å². The molecule has 2 aromatic rings. The largest absolute Gasteiger partial charge is 0.495 e. The summed E-state index contributed by atoms with van der Waals surface area (Å²) in [4.78, 5) is 0. The molecule has 0 fully saturated rings. The van der Waals surface area contributed by atoms with Gasteiger partial charge in [0.1, 0.15) is 11.6 Å². The number of rotatable bonds is 3. The van der Waals surface area contributed by atoms with Crippen molar-refractivity contribution < 1.29 is 9.13 Å². The third kappa shape index (κ3) is 2.76. The molecule has 2 aromatic carbocycles. The van der Waals surface area contributed by atoms with Gasteiger partial charge in [-0.1, -0.05) is 11.6 Å². The third-order valence-electron chi connectivity index (χ3n) is 2.69. The van der Waals surface area contributed by atoms with Gasteiger partial charge in [-0.3, -0.25) is 0 Å². The molecule has 0 aliphatic carbocycles. The van der Waals surface area contributed by atoms with Crippen molar-refractivity contribution in [3.63, 3.8) is 0 Å². The Balaban J connectivity index is 2.40. The van der Waals surface area contributed by atoms with Crippen molar-refractivity contribution in [3.8, 4) is 11.8 Å². The smallest absolute Gasteiger partial charge is 0.144 e. The van der Waals surface area contributed by atoms with Crippen molar-refractivity contribution >= 4 is 28.7 Å². The van der Waals surface area contributed by atoms with Gasteiger partial charge in [-0.15, -0.1) is 0 Å². The predicted molar refractivity (Wildman–Crippen MR) is 76.8 cm³/mol. The summed E-state index contributed by atoms with van der Waals surface area (Å²) in [5, 5.41) is 11.8. The van der Waals surface area contributed by atoms with Crippen LogP contribution in [0.25, 0.3) is 0 Å². The monoisotopic (exact) mass is 291 g/mol. The molecule has 3 N–H and O–H groups in total. The lowest BCUT2D eigenvalue weighted by Gasteiger charge is -2.13. The lowest BCUT2D eigenvalue weighted by molar-refractivity contribution is 0.416. The van der Waals surface area contributed by atoms with Gasteiger partial charge in [0, 0.05) is 12.1 Å². The maximum Gasteiger partial charge on any atom is 0.144 e. The summed E-state index contributed by atoms with van der Waals surface area (Å²) in [6.07, 6.45) is 0. The lowest BCUT2D eigenvalue weighted by Crippen LogP contribution is -2.00. The average molecular weight is 292 g/mol. The van der Waals surface area contributed by atoms with Crippen LogP contribution in [0, 0.1) is 17.1 Å². The van der Waals surface area contributed by atoms with Crippen LogP contribution in [0.1, 0.15) is 5.56 Å². The molecule has 0 spiro atoms. The van der Waals surface area contributed by atoms with Crippen LogP contribution < -0.4 is 15.8 Å². The normalized spacial score (nSPS) is 9.90. The number of nitrogen functional groups attached to an aromatic ring is 1. The Morgan fingerprint density at radius 1 is 1.30 bits per heavy atom. The van der Waals surface area contributed by atoms with Gasteiger partial charge in [0.25, 0.3) is 0 Å². The second-order valence-electron chi connectivity index (χ2n) is 4.01. The Morgan fingerprint density at radius 3 is 2.70 bits per heavy atom. The van der Waals surface area contributed by atoms with Crippen molar-refractivity contribution in [2.45, 2.75) is 0 Å². The molecule has 6 heteroatoms. The molecule has 0 saturated carbocycles. The molecule has 102 valence electrons. The van der Waals surface area contributed by atoms with Gasteiger partial charge in [0.2, 0.25) is 0 Å². The molecule has 2 rings (SSSR count). The lowest BCUT2D eigenvalue weighted by atomic mass is 10.2. The van der Waals surface area contributed by atoms with Crippen LogP contribution in [-0.4, -0.2) is 7.11 Å². The average Bonchev–Trinajstić information content (AvgIpc) is 2.45. The van der Waals surface area contributed by atoms with Crippen LogP contribution >= 0.6 is 11.6 Å². The van der Waals surface area contributed by atoms with E-state index in [1.165, 1.54) is 19.2 Å². The van der Waals surface area contributed by atoms with Gasteiger partial charge in [-0.05, 0) is 18.2 Å². The van der Waals surface area contributed by atoms with Gasteiger partial charge in [0.15, 0.2) is 0 Å². The molecule has 0 aromatic heterocycles. The quantitative estimate of drug-likeness (QED) is 0.846. The van der Waals surface area contributed by atoms with Crippen LogP contribution in [0.4, 0.5) is 21.5 Å². The summed E-state index contributed by atoms with van der Waals surface area (Å²) in [6, 6.07) is 9.39. The number of nitrogens with one attached hydrogen (secondary N) is 1. The van der Waals surface area contributed by atoms with E-state index in [0.29, 0.717) is 28.4 Å². The minimum Gasteiger partial charge on any atom is -0.495 e. The van der Waals surface area contributed by atoms with Crippen molar-refractivity contribution in [2.75, 3.05) is 18.2 Å². The highest BCUT2D eigenvalue weighted by Gasteiger charge is 2.10. The van der Waals surface area contributed by atoms with Crippen LogP contribution in [-0.2, 0) is 0 Å². The molecule has 0 bridgehead atoms. The molecule has 0 saturated heterocycles. The van der Waals surface area contributed by atoms with E-state index in [4.69, 9.17) is 27.3 Å². The molecule has 0 unspecified atom stereocenters. The van der Waals surface area contributed by atoms with E-state index in [2.05, 4.69) is 5.32 Å². The fourth-order valence-corrected chi connectivity index (χ4v) is 1.85. The maximum atomic E-state index is 13.5. The van der Waals surface area contributed by atoms with Crippen LogP contribution in [0.3, 0.4) is 0 Å². The molecule has 20 heavy (non-hydrogen) atoms. The fourth-order valence-electron chi connectivity index (χ4n) is 1.68. The first-order valence-electron chi connectivity index (χ1n) is 5.65. The minimum absolute atomic E-state index is 0.0418. The standard InChI is InChI=1S/C14H11ClFN3O/c1-20-14-4-8(7-17)2-3-12(14)19-13-6-10(16)9(15)5-11(13)18/h2-6,19H,18H2,1H3. The first-order valence-corrected chi connectivity index (χ1v) is 6.02. The first kappa shape index (κ1) is 14.0. The zero-order valence-electron chi connectivity index (χ0n) is 10.6. The SMILES string of the molecule is COc1cc(C#N)ccc1Nc1cc(F)c(Cl)cc1N. The highest BCUT2D eigenvalue weighted by atomic mass is 35.5. The summed E-state index contributed by atoms with van der Waals surface area (Å²) in [7, 11) is 1.48. The molecule has 0 aliphatic rings. The van der Waals surface area contributed by atoms with E-state index < -0.39 is 5.82 Å². The highest BCUT2D eigenvalue weighted by molar-refractivity contribution is 6.31. The topological polar surface area (TPSA) is 71.1 Å². The van der Waals surface area contributed by atoms with Gasteiger partial charge in [0.05, 0.1) is 40.8 Å². The number of hydrogen-bond donors (Lipinski definition) is 2. The molecular formula is C14H11ClFN3O. The third-order valence-corrected chi connectivity index (χ3v) is 2.98. The fraction of sp³-hybridized carbons (Fsp3) is 0.0714. The van der Waals surface area contributed by atoms with Gasteiger partial charge in [-0.2, -0.15) is 5.26 Å². The zero-order chi connectivity index (χ0) is 14.7. The van der Waals surface area contributed by atoms with E-state index in [1.807, 2.05) is 6.07 Å². The number of anilines is 3. The van der Waals surface area contributed by atoms with Crippen LogP contribution in [0.15, 0.2) is 30.3 Å². The van der Waals surface area contributed by atoms with E-state index in [1.54, 1.807) is 18.2 Å². The number of ether oxygens (including phenoxy) is 1. The van der Waals surface area contributed by atoms with Gasteiger partial charge in [-0.25, -0.2) is 4.39 Å². The summed E-state index contributed by atoms with van der Waals surface area (Å²) in [5.41, 5.74) is 7.49. The molecule has 0 heterocycles. The number of methoxy groups -OCH3 is 1. The molecule has 0 amide bonds. The van der Waals surface area contributed by atoms with Gasteiger partial charge < -0.3 is 15.8 Å². The van der Waals surface area contributed by atoms with Crippen molar-refractivity contribution in [3.05, 3.63) is 46.7 Å². The summed E-state index contributed by atoms with van der Waals surface area (Å²) in [5.74, 6) is -0.116. The molecule has 0 atom stereocenters. The second kappa shape index (κ2) is 5.68. The minimum atomic E-state index is -0.573. The summed E-state index contributed by atoms with van der Waals surface area (Å²) in [6.45, 7) is 0. The zero-order valence-corrected chi connectivity index (χ0v) is 11.3. The molecule has 0 aliphatic heterocycles. The van der Waals surface area contributed by atoms with E-state index in [9.17, 15) is 4.39 Å². The van der Waals surface area contributed by atoms with Gasteiger partial charge >= 0.3 is 0 Å². The highest BCUT2D eigenvalue weighted by Crippen LogP contribution is 2.33. The number of benzene rings is 2. The van der Waals surface area contributed by atoms with E-state index in [-0.39, 0.29) is 5.02 Å². The van der Waals surface area contributed by atoms with E-state index >= 15 is 0 Å². The van der Waals surface area contributed by atoms with Crippen LogP contribution in [0.2, 0.25) is 5.02 Å². The molecular weight excluding hydrogens is 281 g/mol. The number of nitrogens with zero attached hydrogens (tertiary/aromatic N) is 1. The van der Waals surface area contributed by atoms with Crippen molar-refractivity contribution in [2.24, 2.45) is 0 Å². The number of hydrogen-bond acceptors (Lipinski definition) is 4. The number of nitriles is 1. The Bertz CT molecular complexity index is 698. The Hall–Kier alpha value is -2.45. The summed E-state index contributed by atoms with van der Waals surface area (Å²) >= 11 is 5.64. The Morgan fingerprint density at radius 2 is 2.05 bits per heavy atom. The Kier molecular flexibility index (Phi) is 3.97. The number of nitrogens with two attached hydrogens (primary N) is 1. The predicted octanol–water partition coefficient (Wildman–Crippen LogP) is 3.69. The second-order valence-corrected chi connectivity index (χ2v) is 4.41. The Labute approximate surface area is 120 Å². The molecule has 4 nitrogen and oxygen atoms in total. The first-order chi connectivity index (χ1) is 9.55.